The molecular formula is C15H22N2O3S2. The summed E-state index contributed by atoms with van der Waals surface area (Å²) in [7, 11) is -3.53. The van der Waals surface area contributed by atoms with Crippen LogP contribution in [-0.2, 0) is 14.8 Å². The molecule has 0 N–H and O–H groups in total. The molecule has 1 amide bonds. The van der Waals surface area contributed by atoms with Crippen molar-refractivity contribution >= 4 is 27.3 Å². The molecule has 3 rings (SSSR count). The zero-order valence-corrected chi connectivity index (χ0v) is 14.4. The molecule has 7 heteroatoms. The third-order valence-corrected chi connectivity index (χ3v) is 7.92. The zero-order chi connectivity index (χ0) is 15.7. The van der Waals surface area contributed by atoms with Crippen LogP contribution < -0.4 is 0 Å². The van der Waals surface area contributed by atoms with Crippen LogP contribution in [0.1, 0.15) is 32.6 Å². The van der Waals surface area contributed by atoms with E-state index in [2.05, 4.69) is 6.92 Å². The number of sulfonamides is 1. The SMILES string of the molecule is CC1CCN(C(=O)[C@@H]2CCCN2S(=O)(=O)c2cccs2)CC1. The van der Waals surface area contributed by atoms with E-state index in [0.717, 1.165) is 32.4 Å². The molecule has 1 aromatic heterocycles. The third-order valence-electron chi connectivity index (χ3n) is 4.64. The lowest BCUT2D eigenvalue weighted by molar-refractivity contribution is -0.135. The number of hydrogen-bond donors (Lipinski definition) is 0. The molecule has 1 atom stereocenters. The van der Waals surface area contributed by atoms with E-state index in [9.17, 15) is 13.2 Å². The van der Waals surface area contributed by atoms with Gasteiger partial charge in [0.25, 0.3) is 10.0 Å². The van der Waals surface area contributed by atoms with E-state index in [1.807, 2.05) is 4.90 Å². The second-order valence-corrected chi connectivity index (χ2v) is 9.28. The molecule has 0 bridgehead atoms. The van der Waals surface area contributed by atoms with Crippen LogP contribution in [0.3, 0.4) is 0 Å². The van der Waals surface area contributed by atoms with Crippen LogP contribution in [0.25, 0.3) is 0 Å². The summed E-state index contributed by atoms with van der Waals surface area (Å²) in [5.74, 6) is 0.642. The average Bonchev–Trinajstić information content (AvgIpc) is 3.19. The third kappa shape index (κ3) is 2.94. The highest BCUT2D eigenvalue weighted by Gasteiger charge is 2.41. The van der Waals surface area contributed by atoms with Crippen LogP contribution in [0, 0.1) is 5.92 Å². The summed E-state index contributed by atoms with van der Waals surface area (Å²) in [5.41, 5.74) is 0. The van der Waals surface area contributed by atoms with Crippen LogP contribution in [0.5, 0.6) is 0 Å². The highest BCUT2D eigenvalue weighted by Crippen LogP contribution is 2.30. The Morgan fingerprint density at radius 2 is 1.95 bits per heavy atom. The predicted octanol–water partition coefficient (Wildman–Crippen LogP) is 2.16. The molecule has 0 saturated carbocycles. The molecule has 2 fully saturated rings. The van der Waals surface area contributed by atoms with Crippen molar-refractivity contribution in [2.75, 3.05) is 19.6 Å². The van der Waals surface area contributed by atoms with Gasteiger partial charge in [-0.15, -0.1) is 11.3 Å². The molecule has 0 spiro atoms. The first kappa shape index (κ1) is 16.0. The second-order valence-electron chi connectivity index (χ2n) is 6.21. The molecule has 5 nitrogen and oxygen atoms in total. The van der Waals surface area contributed by atoms with E-state index in [-0.39, 0.29) is 5.91 Å². The Bertz CT molecular complexity index is 619. The minimum absolute atomic E-state index is 0.00969. The number of likely N-dealkylation sites (tertiary alicyclic amines) is 1. The number of nitrogens with zero attached hydrogens (tertiary/aromatic N) is 2. The van der Waals surface area contributed by atoms with Gasteiger partial charge in [0.1, 0.15) is 10.3 Å². The number of piperidine rings is 1. The molecular weight excluding hydrogens is 320 g/mol. The minimum atomic E-state index is -3.53. The van der Waals surface area contributed by atoms with Gasteiger partial charge in [-0.1, -0.05) is 13.0 Å². The van der Waals surface area contributed by atoms with E-state index in [1.54, 1.807) is 17.5 Å². The van der Waals surface area contributed by atoms with Crippen LogP contribution >= 0.6 is 11.3 Å². The number of hydrogen-bond acceptors (Lipinski definition) is 4. The highest BCUT2D eigenvalue weighted by atomic mass is 32.2. The topological polar surface area (TPSA) is 57.7 Å². The molecule has 22 heavy (non-hydrogen) atoms. The lowest BCUT2D eigenvalue weighted by Crippen LogP contribution is -2.49. The van der Waals surface area contributed by atoms with Crippen molar-refractivity contribution in [1.82, 2.24) is 9.21 Å². The highest BCUT2D eigenvalue weighted by molar-refractivity contribution is 7.91. The van der Waals surface area contributed by atoms with Crippen molar-refractivity contribution in [2.45, 2.75) is 42.9 Å². The summed E-state index contributed by atoms with van der Waals surface area (Å²) >= 11 is 1.21. The van der Waals surface area contributed by atoms with Gasteiger partial charge in [-0.25, -0.2) is 8.42 Å². The fourth-order valence-electron chi connectivity index (χ4n) is 3.24. The average molecular weight is 342 g/mol. The first-order valence-corrected chi connectivity index (χ1v) is 10.2. The molecule has 0 aromatic carbocycles. The summed E-state index contributed by atoms with van der Waals surface area (Å²) < 4.78 is 27.2. The lowest BCUT2D eigenvalue weighted by atomic mass is 9.98. The van der Waals surface area contributed by atoms with Crippen LogP contribution in [0.4, 0.5) is 0 Å². The van der Waals surface area contributed by atoms with Gasteiger partial charge in [-0.05, 0) is 43.0 Å². The largest absolute Gasteiger partial charge is 0.341 e. The maximum atomic E-state index is 12.8. The fraction of sp³-hybridized carbons (Fsp3) is 0.667. The van der Waals surface area contributed by atoms with Gasteiger partial charge >= 0.3 is 0 Å². The van der Waals surface area contributed by atoms with E-state index < -0.39 is 16.1 Å². The Hall–Kier alpha value is -0.920. The Kier molecular flexibility index (Phi) is 4.56. The number of carbonyl (C=O) groups excluding carboxylic acids is 1. The van der Waals surface area contributed by atoms with Gasteiger partial charge < -0.3 is 4.90 Å². The summed E-state index contributed by atoms with van der Waals surface area (Å²) in [6.45, 7) is 4.15. The monoisotopic (exact) mass is 342 g/mol. The van der Waals surface area contributed by atoms with Crippen LogP contribution in [-0.4, -0.2) is 49.2 Å². The smallest absolute Gasteiger partial charge is 0.253 e. The Morgan fingerprint density at radius 3 is 2.59 bits per heavy atom. The van der Waals surface area contributed by atoms with Crippen LogP contribution in [0.15, 0.2) is 21.7 Å². The summed E-state index contributed by atoms with van der Waals surface area (Å²) in [6.07, 6.45) is 3.41. The maximum Gasteiger partial charge on any atom is 0.253 e. The number of carbonyl (C=O) groups is 1. The van der Waals surface area contributed by atoms with E-state index in [0.29, 0.717) is 23.1 Å². The van der Waals surface area contributed by atoms with E-state index >= 15 is 0 Å². The second kappa shape index (κ2) is 6.29. The van der Waals surface area contributed by atoms with Gasteiger partial charge in [0, 0.05) is 19.6 Å². The molecule has 122 valence electrons. The molecule has 0 aliphatic carbocycles. The summed E-state index contributed by atoms with van der Waals surface area (Å²) in [5, 5.41) is 1.76. The van der Waals surface area contributed by atoms with Crippen molar-refractivity contribution in [2.24, 2.45) is 5.92 Å². The molecule has 0 radical (unpaired) electrons. The quantitative estimate of drug-likeness (QED) is 0.846. The van der Waals surface area contributed by atoms with Gasteiger partial charge in [0.15, 0.2) is 0 Å². The molecule has 3 heterocycles. The zero-order valence-electron chi connectivity index (χ0n) is 12.8. The van der Waals surface area contributed by atoms with Crippen molar-refractivity contribution in [3.05, 3.63) is 17.5 Å². The molecule has 1 aromatic rings. The predicted molar refractivity (Wildman–Crippen MR) is 86.2 cm³/mol. The number of thiophene rings is 1. The molecule has 0 unspecified atom stereocenters. The number of rotatable bonds is 3. The summed E-state index contributed by atoms with van der Waals surface area (Å²) in [4.78, 5) is 14.6. The van der Waals surface area contributed by atoms with Crippen molar-refractivity contribution in [3.8, 4) is 0 Å². The van der Waals surface area contributed by atoms with Crippen molar-refractivity contribution < 1.29 is 13.2 Å². The normalized spacial score (nSPS) is 24.8. The standard InChI is InChI=1S/C15H22N2O3S2/c1-12-6-9-16(10-7-12)15(18)13-4-2-8-17(13)22(19,20)14-5-3-11-21-14/h3,5,11-13H,2,4,6-10H2,1H3/t13-/m0/s1. The van der Waals surface area contributed by atoms with Crippen molar-refractivity contribution in [3.63, 3.8) is 0 Å². The Morgan fingerprint density at radius 1 is 1.23 bits per heavy atom. The first-order valence-electron chi connectivity index (χ1n) is 7.84. The van der Waals surface area contributed by atoms with Gasteiger partial charge in [0.2, 0.25) is 5.91 Å². The van der Waals surface area contributed by atoms with E-state index in [1.165, 1.54) is 15.6 Å². The van der Waals surface area contributed by atoms with Crippen LogP contribution in [0.2, 0.25) is 0 Å². The van der Waals surface area contributed by atoms with Gasteiger partial charge in [-0.3, -0.25) is 4.79 Å². The number of amides is 1. The van der Waals surface area contributed by atoms with Crippen molar-refractivity contribution in [1.29, 1.82) is 0 Å². The maximum absolute atomic E-state index is 12.8. The molecule has 2 saturated heterocycles. The lowest BCUT2D eigenvalue weighted by Gasteiger charge is -2.34. The Labute approximate surface area is 136 Å². The van der Waals surface area contributed by atoms with Gasteiger partial charge in [0.05, 0.1) is 0 Å². The summed E-state index contributed by atoms with van der Waals surface area (Å²) in [6, 6.07) is 2.83. The molecule has 2 aliphatic rings. The van der Waals surface area contributed by atoms with E-state index in [4.69, 9.17) is 0 Å². The first-order chi connectivity index (χ1) is 10.5. The Balaban J connectivity index is 1.77. The fourth-order valence-corrected chi connectivity index (χ4v) is 6.01. The minimum Gasteiger partial charge on any atom is -0.341 e. The van der Waals surface area contributed by atoms with Gasteiger partial charge in [-0.2, -0.15) is 4.31 Å². The molecule has 2 aliphatic heterocycles.